The van der Waals surface area contributed by atoms with Crippen LogP contribution in [0.5, 0.6) is 0 Å². The predicted octanol–water partition coefficient (Wildman–Crippen LogP) is -2.52. The van der Waals surface area contributed by atoms with Crippen molar-refractivity contribution in [3.8, 4) is 0 Å². The van der Waals surface area contributed by atoms with E-state index in [1.54, 1.807) is 0 Å². The topological polar surface area (TPSA) is 58.6 Å². The van der Waals surface area contributed by atoms with Crippen molar-refractivity contribution in [1.82, 2.24) is 10.2 Å². The summed E-state index contributed by atoms with van der Waals surface area (Å²) in [5.41, 5.74) is -1.18. The summed E-state index contributed by atoms with van der Waals surface area (Å²) in [6.45, 7) is -4.68. The van der Waals surface area contributed by atoms with E-state index in [4.69, 9.17) is 4.74 Å². The normalized spacial score (nSPS) is 22.9. The van der Waals surface area contributed by atoms with Crippen LogP contribution in [0.4, 0.5) is 17.7 Å². The van der Waals surface area contributed by atoms with E-state index in [-0.39, 0.29) is 82.3 Å². The molecular weight excluding hydrogens is 279 g/mol. The molecule has 0 aliphatic carbocycles. The summed E-state index contributed by atoms with van der Waals surface area (Å²) in [5, 5.41) is 2.36. The molecule has 2 aliphatic heterocycles. The van der Waals surface area contributed by atoms with Gasteiger partial charge < -0.3 is 23.0 Å². The summed E-state index contributed by atoms with van der Waals surface area (Å²) in [4.78, 5) is 23.5. The Hall–Kier alpha value is 0.391. The maximum atomic E-state index is 12.3. The van der Waals surface area contributed by atoms with Gasteiger partial charge in [-0.1, -0.05) is 0 Å². The molecule has 0 aromatic rings. The Morgan fingerprint density at radius 3 is 2.33 bits per heavy atom. The Labute approximate surface area is 144 Å². The van der Waals surface area contributed by atoms with Gasteiger partial charge in [0.15, 0.2) is 0 Å². The number of rotatable bonds is 2. The fourth-order valence-corrected chi connectivity index (χ4v) is 2.11. The fraction of sp³-hybridized carbons (Fsp3) is 0.750. The predicted molar refractivity (Wildman–Crippen MR) is 52.1 cm³/mol. The number of nitrogens with zero attached hydrogens (tertiary/aromatic N) is 1. The van der Waals surface area contributed by atoms with E-state index < -0.39 is 30.9 Å². The molecule has 2 rings (SSSR count). The summed E-state index contributed by atoms with van der Waals surface area (Å²) in [5.74, 6) is -0.787. The molecule has 0 atom stereocenters. The minimum absolute atomic E-state index is 0. The number of ether oxygens (including phenoxy) is 1. The van der Waals surface area contributed by atoms with Crippen LogP contribution in [0.15, 0.2) is 0 Å². The summed E-state index contributed by atoms with van der Waals surface area (Å²) in [6.07, 6.45) is -1.04. The second-order valence-electron chi connectivity index (χ2n) is 4.25. The van der Waals surface area contributed by atoms with Gasteiger partial charge >= 0.3 is 64.4 Å². The van der Waals surface area contributed by atoms with Crippen molar-refractivity contribution in [2.24, 2.45) is 0 Å². The maximum absolute atomic E-state index is 12.3. The Kier molecular flexibility index (Phi) is 5.30. The summed E-state index contributed by atoms with van der Waals surface area (Å²) in [6, 6.07) is -0.962. The number of carbonyl (C=O) groups excluding carboxylic acids is 2. The molecule has 96 valence electrons. The molecule has 10 heteroatoms. The number of nitrogens with one attached hydrogen (secondary N) is 1. The van der Waals surface area contributed by atoms with Crippen LogP contribution in [0, 0.1) is 0 Å². The van der Waals surface area contributed by atoms with Crippen LogP contribution < -0.4 is 56.7 Å². The second kappa shape index (κ2) is 5.80. The molecule has 2 saturated heterocycles. The molecule has 2 heterocycles. The smallest absolute Gasteiger partial charge is 0.448 e. The summed E-state index contributed by atoms with van der Waals surface area (Å²) in [7, 11) is 0. The van der Waals surface area contributed by atoms with E-state index in [2.05, 4.69) is 5.32 Å². The number of hydrogen-bond donors (Lipinski definition) is 1. The monoisotopic (exact) mass is 290 g/mol. The van der Waals surface area contributed by atoms with Crippen molar-refractivity contribution in [3.05, 3.63) is 0 Å². The number of imide groups is 1. The van der Waals surface area contributed by atoms with Crippen molar-refractivity contribution in [2.45, 2.75) is 18.4 Å². The van der Waals surface area contributed by atoms with E-state index in [1.807, 2.05) is 0 Å². The second-order valence-corrected chi connectivity index (χ2v) is 4.25. The number of halogens is 3. The average molecular weight is 290 g/mol. The van der Waals surface area contributed by atoms with Crippen molar-refractivity contribution < 1.29 is 78.7 Å². The van der Waals surface area contributed by atoms with Gasteiger partial charge in [0.25, 0.3) is 5.91 Å². The zero-order chi connectivity index (χ0) is 12.7. The SMILES string of the molecule is O=C1NC2(CCOCC2)C(=O)N1C[B-](F)(F)F.[K+]. The van der Waals surface area contributed by atoms with Crippen molar-refractivity contribution in [1.29, 1.82) is 0 Å². The molecule has 5 nitrogen and oxygen atoms in total. The third-order valence-electron chi connectivity index (χ3n) is 2.98. The van der Waals surface area contributed by atoms with Crippen molar-refractivity contribution in [3.63, 3.8) is 0 Å². The quantitative estimate of drug-likeness (QED) is 0.451. The van der Waals surface area contributed by atoms with Gasteiger partial charge in [0.05, 0.1) is 0 Å². The molecule has 0 aromatic heterocycles. The van der Waals surface area contributed by atoms with Crippen molar-refractivity contribution in [2.75, 3.05) is 19.7 Å². The van der Waals surface area contributed by atoms with Crippen LogP contribution in [-0.2, 0) is 9.53 Å². The van der Waals surface area contributed by atoms with Crippen LogP contribution in [0.3, 0.4) is 0 Å². The van der Waals surface area contributed by atoms with Gasteiger partial charge in [0.1, 0.15) is 5.54 Å². The summed E-state index contributed by atoms with van der Waals surface area (Å²) < 4.78 is 41.9. The first-order valence-electron chi connectivity index (χ1n) is 5.27. The first kappa shape index (κ1) is 16.4. The van der Waals surface area contributed by atoms with Gasteiger partial charge in [-0.25, -0.2) is 4.79 Å². The van der Waals surface area contributed by atoms with Crippen LogP contribution in [-0.4, -0.2) is 49.0 Å². The molecule has 18 heavy (non-hydrogen) atoms. The number of amides is 3. The first-order valence-corrected chi connectivity index (χ1v) is 5.27. The number of carbonyl (C=O) groups is 2. The minimum Gasteiger partial charge on any atom is -0.448 e. The van der Waals surface area contributed by atoms with Gasteiger partial charge in [-0.15, -0.1) is 0 Å². The van der Waals surface area contributed by atoms with Gasteiger partial charge in [-0.05, 0) is 0 Å². The molecule has 1 N–H and O–H groups in total. The molecule has 0 bridgehead atoms. The Balaban J connectivity index is 0.00000162. The molecule has 2 aliphatic rings. The Morgan fingerprint density at radius 1 is 1.28 bits per heavy atom. The molecule has 0 radical (unpaired) electrons. The molecular formula is C8H11BF3KN2O3. The van der Waals surface area contributed by atoms with Gasteiger partial charge in [0, 0.05) is 32.5 Å². The zero-order valence-electron chi connectivity index (χ0n) is 9.92. The molecule has 2 fully saturated rings. The Morgan fingerprint density at radius 2 is 1.83 bits per heavy atom. The number of urea groups is 1. The van der Waals surface area contributed by atoms with E-state index in [1.165, 1.54) is 0 Å². The number of hydrogen-bond acceptors (Lipinski definition) is 3. The molecule has 1 spiro atoms. The van der Waals surface area contributed by atoms with Crippen LogP contribution in [0.1, 0.15) is 12.8 Å². The van der Waals surface area contributed by atoms with E-state index >= 15 is 0 Å². The van der Waals surface area contributed by atoms with E-state index in [0.717, 1.165) is 0 Å². The Bertz CT molecular complexity index is 360. The third-order valence-corrected chi connectivity index (χ3v) is 2.98. The maximum Gasteiger partial charge on any atom is 1.00 e. The summed E-state index contributed by atoms with van der Waals surface area (Å²) >= 11 is 0. The third kappa shape index (κ3) is 3.28. The van der Waals surface area contributed by atoms with Crippen molar-refractivity contribution >= 4 is 18.9 Å². The van der Waals surface area contributed by atoms with Crippen LogP contribution >= 0.6 is 0 Å². The standard InChI is InChI=1S/C8H11BF3N2O3.K/c10-9(11,12)5-14-6(15)8(13-7(14)16)1-3-17-4-2-8;/h1-5H2,(H,13,16);/q-1;+1. The van der Waals surface area contributed by atoms with Gasteiger partial charge in [-0.2, -0.15) is 0 Å². The van der Waals surface area contributed by atoms with E-state index in [0.29, 0.717) is 0 Å². The average Bonchev–Trinajstić information content (AvgIpc) is 2.43. The van der Waals surface area contributed by atoms with Crippen LogP contribution in [0.25, 0.3) is 0 Å². The van der Waals surface area contributed by atoms with E-state index in [9.17, 15) is 22.5 Å². The fourth-order valence-electron chi connectivity index (χ4n) is 2.11. The molecule has 0 saturated carbocycles. The van der Waals surface area contributed by atoms with Gasteiger partial charge in [-0.3, -0.25) is 9.69 Å². The zero-order valence-corrected chi connectivity index (χ0v) is 13.0. The molecule has 0 aromatic carbocycles. The molecule has 0 unspecified atom stereocenters. The molecule has 3 amide bonds. The largest absolute Gasteiger partial charge is 1.00 e. The first-order chi connectivity index (χ1) is 7.84. The minimum atomic E-state index is -5.21. The van der Waals surface area contributed by atoms with Gasteiger partial charge in [0.2, 0.25) is 0 Å². The van der Waals surface area contributed by atoms with Crippen LogP contribution in [0.2, 0.25) is 0 Å².